The number of aromatic nitrogens is 2. The lowest BCUT2D eigenvalue weighted by Crippen LogP contribution is -2.11. The lowest BCUT2D eigenvalue weighted by molar-refractivity contribution is -0.388. The fraction of sp³-hybridized carbons (Fsp3) is 0.250. The Morgan fingerprint density at radius 1 is 1.47 bits per heavy atom. The highest BCUT2D eigenvalue weighted by atomic mass is 35.5. The number of aryl methyl sites for hydroxylation is 1. The van der Waals surface area contributed by atoms with Gasteiger partial charge in [-0.1, -0.05) is 29.8 Å². The average Bonchev–Trinajstić information content (AvgIpc) is 2.71. The molecular weight excluding hydrogens is 268 g/mol. The van der Waals surface area contributed by atoms with Crippen molar-refractivity contribution in [3.8, 4) is 0 Å². The van der Waals surface area contributed by atoms with Gasteiger partial charge in [-0.15, -0.1) is 0 Å². The van der Waals surface area contributed by atoms with E-state index < -0.39 is 4.92 Å². The molecular formula is C12H13ClN4O2. The summed E-state index contributed by atoms with van der Waals surface area (Å²) >= 11 is 6.11. The maximum atomic E-state index is 10.9. The van der Waals surface area contributed by atoms with E-state index >= 15 is 0 Å². The second kappa shape index (κ2) is 5.27. The van der Waals surface area contributed by atoms with Crippen LogP contribution in [0.4, 0.5) is 11.6 Å². The first-order valence-electron chi connectivity index (χ1n) is 5.67. The van der Waals surface area contributed by atoms with Gasteiger partial charge in [0.1, 0.15) is 0 Å². The van der Waals surface area contributed by atoms with Crippen LogP contribution in [0.5, 0.6) is 0 Å². The molecule has 100 valence electrons. The van der Waals surface area contributed by atoms with Gasteiger partial charge in [0.15, 0.2) is 0 Å². The summed E-state index contributed by atoms with van der Waals surface area (Å²) in [7, 11) is 1.70. The fourth-order valence-electron chi connectivity index (χ4n) is 1.83. The number of hydrogen-bond acceptors (Lipinski definition) is 4. The quantitative estimate of drug-likeness (QED) is 0.690. The third-order valence-corrected chi connectivity index (χ3v) is 3.16. The van der Waals surface area contributed by atoms with E-state index in [1.54, 1.807) is 17.7 Å². The zero-order valence-corrected chi connectivity index (χ0v) is 11.3. The van der Waals surface area contributed by atoms with E-state index in [1.165, 1.54) is 6.33 Å². The maximum Gasteiger partial charge on any atom is 0.406 e. The molecule has 7 heteroatoms. The first-order valence-corrected chi connectivity index (χ1v) is 6.05. The van der Waals surface area contributed by atoms with Crippen LogP contribution in [0.1, 0.15) is 18.5 Å². The molecule has 0 bridgehead atoms. The van der Waals surface area contributed by atoms with Crippen molar-refractivity contribution in [3.05, 3.63) is 51.3 Å². The van der Waals surface area contributed by atoms with Gasteiger partial charge in [0.25, 0.3) is 0 Å². The Labute approximate surface area is 115 Å². The zero-order valence-electron chi connectivity index (χ0n) is 10.5. The molecule has 1 aromatic carbocycles. The van der Waals surface area contributed by atoms with E-state index in [0.29, 0.717) is 10.8 Å². The van der Waals surface area contributed by atoms with Gasteiger partial charge in [-0.25, -0.2) is 0 Å². The van der Waals surface area contributed by atoms with Gasteiger partial charge in [0.05, 0.1) is 6.04 Å². The van der Waals surface area contributed by atoms with Crippen LogP contribution in [0.25, 0.3) is 0 Å². The van der Waals surface area contributed by atoms with E-state index in [4.69, 9.17) is 11.6 Å². The minimum Gasteiger partial charge on any atom is -0.358 e. The van der Waals surface area contributed by atoms with Gasteiger partial charge >= 0.3 is 5.82 Å². The van der Waals surface area contributed by atoms with Gasteiger partial charge in [0.2, 0.25) is 12.1 Å². The molecule has 1 aromatic heterocycles. The molecule has 1 atom stereocenters. The molecule has 0 saturated carbocycles. The predicted molar refractivity (Wildman–Crippen MR) is 73.4 cm³/mol. The van der Waals surface area contributed by atoms with Crippen LogP contribution in [0.15, 0.2) is 30.6 Å². The molecule has 1 N–H and O–H groups in total. The van der Waals surface area contributed by atoms with Crippen LogP contribution in [0.2, 0.25) is 5.02 Å². The molecule has 0 radical (unpaired) electrons. The predicted octanol–water partition coefficient (Wildman–Crippen LogP) is 3.15. The Morgan fingerprint density at radius 2 is 2.16 bits per heavy atom. The first-order chi connectivity index (χ1) is 9.00. The van der Waals surface area contributed by atoms with Crippen LogP contribution in [-0.4, -0.2) is 14.5 Å². The van der Waals surface area contributed by atoms with E-state index in [1.807, 2.05) is 25.1 Å². The van der Waals surface area contributed by atoms with E-state index in [9.17, 15) is 10.1 Å². The molecule has 0 spiro atoms. The minimum atomic E-state index is -0.512. The molecule has 0 aliphatic carbocycles. The van der Waals surface area contributed by atoms with E-state index in [0.717, 1.165) is 5.56 Å². The highest BCUT2D eigenvalue weighted by Crippen LogP contribution is 2.29. The van der Waals surface area contributed by atoms with Crippen molar-refractivity contribution in [2.24, 2.45) is 7.05 Å². The van der Waals surface area contributed by atoms with E-state index in [-0.39, 0.29) is 11.9 Å². The fourth-order valence-corrected chi connectivity index (χ4v) is 2.13. The number of imidazole rings is 1. The Bertz CT molecular complexity index is 612. The van der Waals surface area contributed by atoms with Crippen LogP contribution in [0.3, 0.4) is 0 Å². The monoisotopic (exact) mass is 280 g/mol. The summed E-state index contributed by atoms with van der Waals surface area (Å²) in [5, 5.41) is 14.6. The number of rotatable bonds is 4. The highest BCUT2D eigenvalue weighted by molar-refractivity contribution is 6.31. The summed E-state index contributed by atoms with van der Waals surface area (Å²) in [6.07, 6.45) is 1.40. The van der Waals surface area contributed by atoms with Crippen LogP contribution in [-0.2, 0) is 7.05 Å². The van der Waals surface area contributed by atoms with Crippen molar-refractivity contribution < 1.29 is 4.92 Å². The number of hydrogen-bond donors (Lipinski definition) is 1. The van der Waals surface area contributed by atoms with Crippen molar-refractivity contribution in [3.63, 3.8) is 0 Å². The summed E-state index contributed by atoms with van der Waals surface area (Å²) < 4.78 is 1.57. The van der Waals surface area contributed by atoms with Crippen LogP contribution >= 0.6 is 11.6 Å². The smallest absolute Gasteiger partial charge is 0.358 e. The van der Waals surface area contributed by atoms with Crippen molar-refractivity contribution in [2.45, 2.75) is 13.0 Å². The van der Waals surface area contributed by atoms with Crippen molar-refractivity contribution in [1.82, 2.24) is 9.55 Å². The Hall–Kier alpha value is -2.08. The summed E-state index contributed by atoms with van der Waals surface area (Å²) in [6, 6.07) is 7.21. The number of benzene rings is 1. The summed E-state index contributed by atoms with van der Waals surface area (Å²) in [5.74, 6) is 0.166. The number of nitrogens with one attached hydrogen (secondary N) is 1. The Kier molecular flexibility index (Phi) is 3.71. The molecule has 0 amide bonds. The largest absolute Gasteiger partial charge is 0.406 e. The second-order valence-electron chi connectivity index (χ2n) is 4.17. The molecule has 2 aromatic rings. The lowest BCUT2D eigenvalue weighted by Gasteiger charge is -2.16. The lowest BCUT2D eigenvalue weighted by atomic mass is 10.1. The van der Waals surface area contributed by atoms with Crippen LogP contribution in [0, 0.1) is 10.1 Å². The summed E-state index contributed by atoms with van der Waals surface area (Å²) in [4.78, 5) is 14.1. The van der Waals surface area contributed by atoms with Gasteiger partial charge in [-0.05, 0) is 28.5 Å². The van der Waals surface area contributed by atoms with Crippen molar-refractivity contribution in [2.75, 3.05) is 5.32 Å². The number of nitrogens with zero attached hydrogens (tertiary/aromatic N) is 3. The van der Waals surface area contributed by atoms with Gasteiger partial charge < -0.3 is 15.4 Å². The topological polar surface area (TPSA) is 73.0 Å². The van der Waals surface area contributed by atoms with Gasteiger partial charge in [-0.2, -0.15) is 0 Å². The molecule has 1 heterocycles. The minimum absolute atomic E-state index is 0.164. The molecule has 6 nitrogen and oxygen atoms in total. The summed E-state index contributed by atoms with van der Waals surface area (Å²) in [6.45, 7) is 1.89. The van der Waals surface area contributed by atoms with Gasteiger partial charge in [-0.3, -0.25) is 4.57 Å². The van der Waals surface area contributed by atoms with Gasteiger partial charge in [0, 0.05) is 12.1 Å². The van der Waals surface area contributed by atoms with E-state index in [2.05, 4.69) is 10.3 Å². The molecule has 2 rings (SSSR count). The van der Waals surface area contributed by atoms with Crippen molar-refractivity contribution in [1.29, 1.82) is 0 Å². The number of anilines is 1. The molecule has 1 unspecified atom stereocenters. The maximum absolute atomic E-state index is 10.9. The summed E-state index contributed by atoms with van der Waals surface area (Å²) in [5.41, 5.74) is 0.875. The standard InChI is InChI=1S/C12H13ClN4O2/c1-8(9-5-3-4-6-10(9)13)15-12-11(17(18)19)14-7-16(12)2/h3-8,15H,1-2H3. The molecule has 0 aliphatic heterocycles. The van der Waals surface area contributed by atoms with Crippen molar-refractivity contribution >= 4 is 23.2 Å². The SMILES string of the molecule is CC(Nc1c([N+](=O)[O-])ncn1C)c1ccccc1Cl. The van der Waals surface area contributed by atoms with Crippen LogP contribution < -0.4 is 5.32 Å². The Morgan fingerprint density at radius 3 is 2.79 bits per heavy atom. The number of nitro groups is 1. The Balaban J connectivity index is 2.29. The number of halogens is 1. The average molecular weight is 281 g/mol. The normalized spacial score (nSPS) is 12.2. The molecule has 0 aliphatic rings. The second-order valence-corrected chi connectivity index (χ2v) is 4.58. The first kappa shape index (κ1) is 13.4. The zero-order chi connectivity index (χ0) is 14.0. The molecule has 19 heavy (non-hydrogen) atoms. The third kappa shape index (κ3) is 2.68. The molecule has 0 saturated heterocycles. The highest BCUT2D eigenvalue weighted by Gasteiger charge is 2.22. The molecule has 0 fully saturated rings. The third-order valence-electron chi connectivity index (χ3n) is 2.82.